The molecule has 0 bridgehead atoms. The van der Waals surface area contributed by atoms with Gasteiger partial charge in [0.1, 0.15) is 0 Å². The highest BCUT2D eigenvalue weighted by molar-refractivity contribution is 5.21. The summed E-state index contributed by atoms with van der Waals surface area (Å²) in [6, 6.07) is 2.00. The molecule has 0 aliphatic carbocycles. The molecule has 0 spiro atoms. The van der Waals surface area contributed by atoms with Gasteiger partial charge in [0.2, 0.25) is 0 Å². The summed E-state index contributed by atoms with van der Waals surface area (Å²) in [6.45, 7) is 3.88. The van der Waals surface area contributed by atoms with Crippen molar-refractivity contribution in [3.8, 4) is 0 Å². The maximum absolute atomic E-state index is 9.08. The van der Waals surface area contributed by atoms with Crippen molar-refractivity contribution >= 4 is 0 Å². The van der Waals surface area contributed by atoms with E-state index in [-0.39, 0.29) is 6.10 Å². The average Bonchev–Trinajstić information content (AvgIpc) is 2.03. The van der Waals surface area contributed by atoms with Crippen LogP contribution in [0.5, 0.6) is 0 Å². The molecular formula is C10H15NO. The maximum atomic E-state index is 9.08. The van der Waals surface area contributed by atoms with Gasteiger partial charge in [-0.3, -0.25) is 4.98 Å². The summed E-state index contributed by atoms with van der Waals surface area (Å²) >= 11 is 0. The van der Waals surface area contributed by atoms with Crippen molar-refractivity contribution in [2.45, 2.75) is 32.8 Å². The Morgan fingerprint density at radius 2 is 2.33 bits per heavy atom. The van der Waals surface area contributed by atoms with Gasteiger partial charge in [-0.15, -0.1) is 0 Å². The van der Waals surface area contributed by atoms with Crippen LogP contribution in [-0.2, 0) is 6.42 Å². The molecule has 2 nitrogen and oxygen atoms in total. The third-order valence-electron chi connectivity index (χ3n) is 1.98. The zero-order valence-electron chi connectivity index (χ0n) is 7.62. The lowest BCUT2D eigenvalue weighted by Gasteiger charge is -2.05. The van der Waals surface area contributed by atoms with E-state index in [0.29, 0.717) is 0 Å². The largest absolute Gasteiger partial charge is 0.393 e. The normalized spacial score (nSPS) is 12.9. The van der Waals surface area contributed by atoms with Gasteiger partial charge in [0.05, 0.1) is 6.10 Å². The van der Waals surface area contributed by atoms with Gasteiger partial charge in [-0.25, -0.2) is 0 Å². The topological polar surface area (TPSA) is 33.1 Å². The number of nitrogens with zero attached hydrogens (tertiary/aromatic N) is 1. The zero-order valence-corrected chi connectivity index (χ0v) is 7.62. The van der Waals surface area contributed by atoms with E-state index in [1.807, 2.05) is 19.2 Å². The highest BCUT2D eigenvalue weighted by Crippen LogP contribution is 2.08. The fourth-order valence-electron chi connectivity index (χ4n) is 1.12. The van der Waals surface area contributed by atoms with Gasteiger partial charge in [-0.05, 0) is 43.9 Å². The second-order valence-electron chi connectivity index (χ2n) is 3.19. The molecule has 0 saturated heterocycles. The summed E-state index contributed by atoms with van der Waals surface area (Å²) < 4.78 is 0. The maximum Gasteiger partial charge on any atom is 0.0515 e. The SMILES string of the molecule is Cc1ccncc1CCC(C)O. The molecule has 1 heterocycles. The van der Waals surface area contributed by atoms with Crippen molar-refractivity contribution in [2.24, 2.45) is 0 Å². The first-order chi connectivity index (χ1) is 5.70. The number of hydrogen-bond donors (Lipinski definition) is 1. The molecule has 0 radical (unpaired) electrons. The van der Waals surface area contributed by atoms with Crippen LogP contribution in [0, 0.1) is 6.92 Å². The molecule has 0 fully saturated rings. The van der Waals surface area contributed by atoms with Crippen molar-refractivity contribution in [3.05, 3.63) is 29.6 Å². The van der Waals surface area contributed by atoms with Crippen LogP contribution < -0.4 is 0 Å². The molecular weight excluding hydrogens is 150 g/mol. The minimum atomic E-state index is -0.218. The van der Waals surface area contributed by atoms with E-state index in [2.05, 4.69) is 11.9 Å². The third kappa shape index (κ3) is 2.62. The molecule has 66 valence electrons. The number of pyridine rings is 1. The second kappa shape index (κ2) is 4.21. The minimum absolute atomic E-state index is 0.218. The van der Waals surface area contributed by atoms with Crippen LogP contribution in [0.2, 0.25) is 0 Å². The van der Waals surface area contributed by atoms with Crippen molar-refractivity contribution in [1.29, 1.82) is 0 Å². The zero-order chi connectivity index (χ0) is 8.97. The number of aliphatic hydroxyl groups is 1. The summed E-state index contributed by atoms with van der Waals surface area (Å²) in [4.78, 5) is 4.04. The molecule has 0 aliphatic heterocycles. The highest BCUT2D eigenvalue weighted by Gasteiger charge is 2.00. The van der Waals surface area contributed by atoms with Gasteiger partial charge < -0.3 is 5.11 Å². The number of aromatic nitrogens is 1. The Kier molecular flexibility index (Phi) is 3.23. The standard InChI is InChI=1S/C10H15NO/c1-8-5-6-11-7-10(8)4-3-9(2)12/h5-7,9,12H,3-4H2,1-2H3. The van der Waals surface area contributed by atoms with Crippen LogP contribution in [0.1, 0.15) is 24.5 Å². The van der Waals surface area contributed by atoms with Gasteiger partial charge in [0.25, 0.3) is 0 Å². The summed E-state index contributed by atoms with van der Waals surface area (Å²) in [5.41, 5.74) is 2.49. The van der Waals surface area contributed by atoms with E-state index in [0.717, 1.165) is 12.8 Å². The van der Waals surface area contributed by atoms with Gasteiger partial charge in [-0.1, -0.05) is 0 Å². The summed E-state index contributed by atoms with van der Waals surface area (Å²) in [5, 5.41) is 9.08. The molecule has 0 aliphatic rings. The molecule has 1 unspecified atom stereocenters. The summed E-state index contributed by atoms with van der Waals surface area (Å²) in [6.07, 6.45) is 5.17. The molecule has 1 rings (SSSR count). The molecule has 1 aromatic heterocycles. The Bertz CT molecular complexity index is 245. The minimum Gasteiger partial charge on any atom is -0.393 e. The van der Waals surface area contributed by atoms with Gasteiger partial charge >= 0.3 is 0 Å². The highest BCUT2D eigenvalue weighted by atomic mass is 16.3. The van der Waals surface area contributed by atoms with Crippen LogP contribution in [-0.4, -0.2) is 16.2 Å². The van der Waals surface area contributed by atoms with Crippen LogP contribution >= 0.6 is 0 Å². The molecule has 12 heavy (non-hydrogen) atoms. The lowest BCUT2D eigenvalue weighted by Crippen LogP contribution is -2.02. The Hall–Kier alpha value is -0.890. The number of aliphatic hydroxyl groups excluding tert-OH is 1. The van der Waals surface area contributed by atoms with Gasteiger partial charge in [0.15, 0.2) is 0 Å². The monoisotopic (exact) mass is 165 g/mol. The first kappa shape index (κ1) is 9.20. The van der Waals surface area contributed by atoms with E-state index in [9.17, 15) is 0 Å². The molecule has 0 aromatic carbocycles. The lowest BCUT2D eigenvalue weighted by atomic mass is 10.1. The van der Waals surface area contributed by atoms with Crippen molar-refractivity contribution < 1.29 is 5.11 Å². The van der Waals surface area contributed by atoms with Crippen LogP contribution in [0.15, 0.2) is 18.5 Å². The Labute approximate surface area is 73.3 Å². The predicted octanol–water partition coefficient (Wildman–Crippen LogP) is 1.70. The first-order valence-corrected chi connectivity index (χ1v) is 4.27. The smallest absolute Gasteiger partial charge is 0.0515 e. The van der Waals surface area contributed by atoms with E-state index in [1.165, 1.54) is 11.1 Å². The van der Waals surface area contributed by atoms with Gasteiger partial charge in [0, 0.05) is 12.4 Å². The van der Waals surface area contributed by atoms with E-state index < -0.39 is 0 Å². The van der Waals surface area contributed by atoms with Crippen molar-refractivity contribution in [2.75, 3.05) is 0 Å². The molecule has 0 saturated carbocycles. The fraction of sp³-hybridized carbons (Fsp3) is 0.500. The third-order valence-corrected chi connectivity index (χ3v) is 1.98. The lowest BCUT2D eigenvalue weighted by molar-refractivity contribution is 0.185. The summed E-state index contributed by atoms with van der Waals surface area (Å²) in [5.74, 6) is 0. The van der Waals surface area contributed by atoms with E-state index in [4.69, 9.17) is 5.11 Å². The van der Waals surface area contributed by atoms with Crippen molar-refractivity contribution in [3.63, 3.8) is 0 Å². The number of aryl methyl sites for hydroxylation is 2. The average molecular weight is 165 g/mol. The van der Waals surface area contributed by atoms with Crippen LogP contribution in [0.4, 0.5) is 0 Å². The van der Waals surface area contributed by atoms with E-state index >= 15 is 0 Å². The number of rotatable bonds is 3. The van der Waals surface area contributed by atoms with Crippen molar-refractivity contribution in [1.82, 2.24) is 4.98 Å². The number of hydrogen-bond acceptors (Lipinski definition) is 2. The Balaban J connectivity index is 2.57. The molecule has 0 amide bonds. The Morgan fingerprint density at radius 1 is 1.58 bits per heavy atom. The summed E-state index contributed by atoms with van der Waals surface area (Å²) in [7, 11) is 0. The molecule has 2 heteroatoms. The molecule has 1 aromatic rings. The van der Waals surface area contributed by atoms with Crippen LogP contribution in [0.25, 0.3) is 0 Å². The van der Waals surface area contributed by atoms with Gasteiger partial charge in [-0.2, -0.15) is 0 Å². The Morgan fingerprint density at radius 3 is 2.92 bits per heavy atom. The quantitative estimate of drug-likeness (QED) is 0.739. The van der Waals surface area contributed by atoms with Crippen LogP contribution in [0.3, 0.4) is 0 Å². The molecule has 1 atom stereocenters. The second-order valence-corrected chi connectivity index (χ2v) is 3.19. The first-order valence-electron chi connectivity index (χ1n) is 4.27. The van der Waals surface area contributed by atoms with E-state index in [1.54, 1.807) is 6.20 Å². The fourth-order valence-corrected chi connectivity index (χ4v) is 1.12. The predicted molar refractivity (Wildman–Crippen MR) is 49.0 cm³/mol. The molecule has 1 N–H and O–H groups in total.